The molecular formula is C19H16F2N4O. The molecule has 0 saturated heterocycles. The number of amides is 1. The molecule has 5 nitrogen and oxygen atoms in total. The van der Waals surface area contributed by atoms with Crippen molar-refractivity contribution in [2.75, 3.05) is 10.6 Å². The van der Waals surface area contributed by atoms with E-state index in [-0.39, 0.29) is 17.2 Å². The van der Waals surface area contributed by atoms with Crippen molar-refractivity contribution >= 4 is 23.1 Å². The van der Waals surface area contributed by atoms with Gasteiger partial charge in [-0.25, -0.2) is 18.7 Å². The predicted octanol–water partition coefficient (Wildman–Crippen LogP) is 4.37. The Balaban J connectivity index is 1.75. The molecule has 0 radical (unpaired) electrons. The van der Waals surface area contributed by atoms with E-state index >= 15 is 0 Å². The molecule has 2 N–H and O–H groups in total. The van der Waals surface area contributed by atoms with Crippen LogP contribution in [-0.2, 0) is 0 Å². The molecule has 1 heterocycles. The van der Waals surface area contributed by atoms with E-state index in [1.54, 1.807) is 0 Å². The van der Waals surface area contributed by atoms with Crippen molar-refractivity contribution in [3.63, 3.8) is 0 Å². The standard InChI is InChI=1S/C19H16F2N4O/c1-11-6-7-12(2)15(8-11)24-19(26)16-9-23-17(10-22-16)25-18-13(20)4-3-5-14(18)21/h3-10H,1-2H3,(H,23,25)(H,24,26). The van der Waals surface area contributed by atoms with E-state index in [2.05, 4.69) is 20.6 Å². The number of nitrogens with one attached hydrogen (secondary N) is 2. The lowest BCUT2D eigenvalue weighted by Gasteiger charge is -2.10. The highest BCUT2D eigenvalue weighted by Gasteiger charge is 2.12. The van der Waals surface area contributed by atoms with Crippen molar-refractivity contribution in [1.82, 2.24) is 9.97 Å². The summed E-state index contributed by atoms with van der Waals surface area (Å²) in [6, 6.07) is 9.25. The predicted molar refractivity (Wildman–Crippen MR) is 95.5 cm³/mol. The van der Waals surface area contributed by atoms with Gasteiger partial charge in [-0.1, -0.05) is 18.2 Å². The summed E-state index contributed by atoms with van der Waals surface area (Å²) in [6.45, 7) is 3.81. The van der Waals surface area contributed by atoms with E-state index in [0.29, 0.717) is 5.69 Å². The summed E-state index contributed by atoms with van der Waals surface area (Å²) in [7, 11) is 0. The second-order valence-corrected chi connectivity index (χ2v) is 5.78. The molecule has 0 bridgehead atoms. The monoisotopic (exact) mass is 354 g/mol. The van der Waals surface area contributed by atoms with Crippen LogP contribution in [0.15, 0.2) is 48.8 Å². The lowest BCUT2D eigenvalue weighted by Crippen LogP contribution is -2.15. The number of rotatable bonds is 4. The van der Waals surface area contributed by atoms with Gasteiger partial charge in [0.05, 0.1) is 12.4 Å². The van der Waals surface area contributed by atoms with Gasteiger partial charge in [0.1, 0.15) is 28.8 Å². The van der Waals surface area contributed by atoms with Gasteiger partial charge in [0.25, 0.3) is 5.91 Å². The summed E-state index contributed by atoms with van der Waals surface area (Å²) in [5, 5.41) is 5.29. The molecule has 0 fully saturated rings. The normalized spacial score (nSPS) is 10.5. The van der Waals surface area contributed by atoms with E-state index in [9.17, 15) is 13.6 Å². The van der Waals surface area contributed by atoms with Gasteiger partial charge in [-0.15, -0.1) is 0 Å². The molecule has 0 aliphatic heterocycles. The number of hydrogen-bond donors (Lipinski definition) is 2. The minimum absolute atomic E-state index is 0.0884. The Bertz CT molecular complexity index is 938. The van der Waals surface area contributed by atoms with Gasteiger partial charge in [0.15, 0.2) is 0 Å². The lowest BCUT2D eigenvalue weighted by molar-refractivity contribution is 0.102. The molecule has 1 amide bonds. The first-order valence-corrected chi connectivity index (χ1v) is 7.86. The Morgan fingerprint density at radius 2 is 1.73 bits per heavy atom. The van der Waals surface area contributed by atoms with E-state index in [4.69, 9.17) is 0 Å². The lowest BCUT2D eigenvalue weighted by atomic mass is 10.1. The van der Waals surface area contributed by atoms with Crippen LogP contribution in [0.4, 0.5) is 26.0 Å². The van der Waals surface area contributed by atoms with Gasteiger partial charge < -0.3 is 10.6 Å². The molecule has 3 rings (SSSR count). The Hall–Kier alpha value is -3.35. The van der Waals surface area contributed by atoms with Crippen molar-refractivity contribution in [2.24, 2.45) is 0 Å². The Morgan fingerprint density at radius 1 is 1.00 bits per heavy atom. The minimum Gasteiger partial charge on any atom is -0.334 e. The quantitative estimate of drug-likeness (QED) is 0.730. The molecule has 3 aromatic rings. The zero-order valence-electron chi connectivity index (χ0n) is 14.2. The van der Waals surface area contributed by atoms with Gasteiger partial charge in [-0.3, -0.25) is 4.79 Å². The number of aromatic nitrogens is 2. The number of nitrogens with zero attached hydrogens (tertiary/aromatic N) is 2. The third-order valence-electron chi connectivity index (χ3n) is 3.74. The molecule has 2 aromatic carbocycles. The van der Waals surface area contributed by atoms with Crippen LogP contribution in [-0.4, -0.2) is 15.9 Å². The smallest absolute Gasteiger partial charge is 0.275 e. The van der Waals surface area contributed by atoms with Gasteiger partial charge >= 0.3 is 0 Å². The van der Waals surface area contributed by atoms with Crippen LogP contribution in [0.5, 0.6) is 0 Å². The third-order valence-corrected chi connectivity index (χ3v) is 3.74. The summed E-state index contributed by atoms with van der Waals surface area (Å²) in [4.78, 5) is 20.3. The summed E-state index contributed by atoms with van der Waals surface area (Å²) in [6.07, 6.45) is 2.48. The zero-order valence-corrected chi connectivity index (χ0v) is 14.2. The number of carbonyl (C=O) groups is 1. The largest absolute Gasteiger partial charge is 0.334 e. The average Bonchev–Trinajstić information content (AvgIpc) is 2.62. The van der Waals surface area contributed by atoms with E-state index in [1.807, 2.05) is 32.0 Å². The van der Waals surface area contributed by atoms with Crippen molar-refractivity contribution in [3.05, 3.63) is 77.2 Å². The van der Waals surface area contributed by atoms with Crippen LogP contribution in [0.3, 0.4) is 0 Å². The highest BCUT2D eigenvalue weighted by Crippen LogP contribution is 2.22. The molecule has 0 unspecified atom stereocenters. The fraction of sp³-hybridized carbons (Fsp3) is 0.105. The van der Waals surface area contributed by atoms with Crippen LogP contribution in [0.25, 0.3) is 0 Å². The second-order valence-electron chi connectivity index (χ2n) is 5.78. The van der Waals surface area contributed by atoms with Gasteiger partial charge in [0.2, 0.25) is 0 Å². The van der Waals surface area contributed by atoms with Crippen LogP contribution < -0.4 is 10.6 Å². The van der Waals surface area contributed by atoms with E-state index < -0.39 is 17.5 Å². The maximum Gasteiger partial charge on any atom is 0.275 e. The minimum atomic E-state index is -0.747. The van der Waals surface area contributed by atoms with E-state index in [1.165, 1.54) is 18.5 Å². The average molecular weight is 354 g/mol. The Kier molecular flexibility index (Phi) is 4.88. The summed E-state index contributed by atoms with van der Waals surface area (Å²) in [5.41, 5.74) is 2.39. The summed E-state index contributed by atoms with van der Waals surface area (Å²) >= 11 is 0. The van der Waals surface area contributed by atoms with Crippen molar-refractivity contribution < 1.29 is 13.6 Å². The number of para-hydroxylation sites is 1. The molecule has 7 heteroatoms. The summed E-state index contributed by atoms with van der Waals surface area (Å²) in [5.74, 6) is -1.79. The number of carbonyl (C=O) groups excluding carboxylic acids is 1. The number of hydrogen-bond acceptors (Lipinski definition) is 4. The van der Waals surface area contributed by atoms with Crippen LogP contribution >= 0.6 is 0 Å². The van der Waals surface area contributed by atoms with Crippen LogP contribution in [0, 0.1) is 25.5 Å². The first-order chi connectivity index (χ1) is 12.4. The molecule has 0 aliphatic carbocycles. The van der Waals surface area contributed by atoms with Crippen LogP contribution in [0.1, 0.15) is 21.6 Å². The molecule has 1 aromatic heterocycles. The SMILES string of the molecule is Cc1ccc(C)c(NC(=O)c2cnc(Nc3c(F)cccc3F)cn2)c1. The molecule has 132 valence electrons. The number of anilines is 3. The maximum absolute atomic E-state index is 13.6. The highest BCUT2D eigenvalue weighted by atomic mass is 19.1. The van der Waals surface area contributed by atoms with Gasteiger partial charge in [-0.2, -0.15) is 0 Å². The number of halogens is 2. The molecule has 26 heavy (non-hydrogen) atoms. The third kappa shape index (κ3) is 3.83. The molecule has 0 aliphatic rings. The summed E-state index contributed by atoms with van der Waals surface area (Å²) < 4.78 is 27.3. The van der Waals surface area contributed by atoms with Crippen molar-refractivity contribution in [3.8, 4) is 0 Å². The first-order valence-electron chi connectivity index (χ1n) is 7.86. The fourth-order valence-corrected chi connectivity index (χ4v) is 2.31. The highest BCUT2D eigenvalue weighted by molar-refractivity contribution is 6.03. The number of benzene rings is 2. The van der Waals surface area contributed by atoms with Crippen molar-refractivity contribution in [2.45, 2.75) is 13.8 Å². The van der Waals surface area contributed by atoms with Crippen LogP contribution in [0.2, 0.25) is 0 Å². The molecular weight excluding hydrogens is 338 g/mol. The first kappa shape index (κ1) is 17.5. The van der Waals surface area contributed by atoms with Gasteiger partial charge in [0, 0.05) is 5.69 Å². The van der Waals surface area contributed by atoms with E-state index in [0.717, 1.165) is 23.3 Å². The number of aryl methyl sites for hydroxylation is 2. The Labute approximate surface area is 149 Å². The zero-order chi connectivity index (χ0) is 18.7. The molecule has 0 saturated carbocycles. The molecule has 0 atom stereocenters. The topological polar surface area (TPSA) is 66.9 Å². The van der Waals surface area contributed by atoms with Crippen molar-refractivity contribution in [1.29, 1.82) is 0 Å². The fourth-order valence-electron chi connectivity index (χ4n) is 2.31. The van der Waals surface area contributed by atoms with Gasteiger partial charge in [-0.05, 0) is 43.2 Å². The second kappa shape index (κ2) is 7.26. The Morgan fingerprint density at radius 3 is 2.38 bits per heavy atom. The molecule has 0 spiro atoms. The maximum atomic E-state index is 13.6.